The quantitative estimate of drug-likeness (QED) is 0.628. The highest BCUT2D eigenvalue weighted by Crippen LogP contribution is 2.19. The van der Waals surface area contributed by atoms with E-state index in [9.17, 15) is 4.79 Å². The number of carboxylic acids is 1. The topological polar surface area (TPSA) is 46.5 Å². The summed E-state index contributed by atoms with van der Waals surface area (Å²) in [6.07, 6.45) is 7.37. The van der Waals surface area contributed by atoms with Crippen LogP contribution in [0, 0.1) is 5.92 Å². The molecule has 0 heterocycles. The number of ether oxygens (including phenoxy) is 1. The van der Waals surface area contributed by atoms with E-state index in [1.165, 1.54) is 32.1 Å². The second-order valence-corrected chi connectivity index (χ2v) is 5.39. The molecule has 1 rings (SSSR count). The lowest BCUT2D eigenvalue weighted by atomic mass is 10.00. The SMILES string of the molecule is CCCCCCC(C)CCOc1ccccc1C(=O)O. The molecule has 0 radical (unpaired) electrons. The van der Waals surface area contributed by atoms with Crippen LogP contribution in [0.1, 0.15) is 62.7 Å². The van der Waals surface area contributed by atoms with Crippen molar-refractivity contribution in [3.63, 3.8) is 0 Å². The molecule has 0 aliphatic carbocycles. The molecule has 0 aliphatic rings. The van der Waals surface area contributed by atoms with Gasteiger partial charge in [0.2, 0.25) is 0 Å². The minimum absolute atomic E-state index is 0.239. The summed E-state index contributed by atoms with van der Waals surface area (Å²) in [6.45, 7) is 5.04. The van der Waals surface area contributed by atoms with Crippen molar-refractivity contribution in [2.45, 2.75) is 52.4 Å². The molecule has 0 bridgehead atoms. The fourth-order valence-electron chi connectivity index (χ4n) is 2.20. The van der Waals surface area contributed by atoms with E-state index in [-0.39, 0.29) is 5.56 Å². The van der Waals surface area contributed by atoms with Gasteiger partial charge in [-0.15, -0.1) is 0 Å². The first-order valence-corrected chi connectivity index (χ1v) is 7.60. The van der Waals surface area contributed by atoms with Crippen LogP contribution in [0.4, 0.5) is 0 Å². The van der Waals surface area contributed by atoms with Crippen molar-refractivity contribution in [3.8, 4) is 5.75 Å². The number of carbonyl (C=O) groups is 1. The minimum Gasteiger partial charge on any atom is -0.493 e. The predicted molar refractivity (Wildman–Crippen MR) is 81.4 cm³/mol. The summed E-state index contributed by atoms with van der Waals surface area (Å²) in [6, 6.07) is 6.81. The molecule has 1 unspecified atom stereocenters. The Morgan fingerprint density at radius 2 is 1.95 bits per heavy atom. The van der Waals surface area contributed by atoms with Crippen LogP contribution in [0.5, 0.6) is 5.75 Å². The standard InChI is InChI=1S/C17H26O3/c1-3-4-5-6-9-14(2)12-13-20-16-11-8-7-10-15(16)17(18)19/h7-8,10-11,14H,3-6,9,12-13H2,1-2H3,(H,18,19). The first-order valence-electron chi connectivity index (χ1n) is 7.60. The summed E-state index contributed by atoms with van der Waals surface area (Å²) in [5, 5.41) is 9.06. The Balaban J connectivity index is 2.28. The Labute approximate surface area is 122 Å². The van der Waals surface area contributed by atoms with Gasteiger partial charge in [0.25, 0.3) is 0 Å². The molecule has 1 atom stereocenters. The highest BCUT2D eigenvalue weighted by Gasteiger charge is 2.10. The molecule has 1 aromatic rings. The van der Waals surface area contributed by atoms with Gasteiger partial charge in [0, 0.05) is 0 Å². The molecular formula is C17H26O3. The first kappa shape index (κ1) is 16.5. The van der Waals surface area contributed by atoms with Crippen LogP contribution in [-0.4, -0.2) is 17.7 Å². The highest BCUT2D eigenvalue weighted by molar-refractivity contribution is 5.90. The summed E-state index contributed by atoms with van der Waals surface area (Å²) in [7, 11) is 0. The molecule has 0 spiro atoms. The van der Waals surface area contributed by atoms with Crippen LogP contribution in [0.15, 0.2) is 24.3 Å². The van der Waals surface area contributed by atoms with Crippen LogP contribution < -0.4 is 4.74 Å². The van der Waals surface area contributed by atoms with Gasteiger partial charge in [-0.2, -0.15) is 0 Å². The summed E-state index contributed by atoms with van der Waals surface area (Å²) in [5.74, 6) is 0.162. The number of rotatable bonds is 10. The zero-order valence-corrected chi connectivity index (χ0v) is 12.6. The third kappa shape index (κ3) is 6.09. The van der Waals surface area contributed by atoms with Crippen LogP contribution in [0.2, 0.25) is 0 Å². The Morgan fingerprint density at radius 1 is 1.20 bits per heavy atom. The number of benzene rings is 1. The summed E-state index contributed by atoms with van der Waals surface area (Å²) >= 11 is 0. The highest BCUT2D eigenvalue weighted by atomic mass is 16.5. The third-order valence-electron chi connectivity index (χ3n) is 3.54. The number of hydrogen-bond acceptors (Lipinski definition) is 2. The van der Waals surface area contributed by atoms with Crippen molar-refractivity contribution in [3.05, 3.63) is 29.8 Å². The molecule has 1 aromatic carbocycles. The molecule has 20 heavy (non-hydrogen) atoms. The maximum absolute atomic E-state index is 11.0. The van der Waals surface area contributed by atoms with Crippen molar-refractivity contribution in [2.75, 3.05) is 6.61 Å². The molecule has 112 valence electrons. The molecule has 3 heteroatoms. The van der Waals surface area contributed by atoms with E-state index in [1.807, 2.05) is 0 Å². The van der Waals surface area contributed by atoms with Crippen molar-refractivity contribution < 1.29 is 14.6 Å². The average molecular weight is 278 g/mol. The number of unbranched alkanes of at least 4 members (excludes halogenated alkanes) is 3. The van der Waals surface area contributed by atoms with E-state index in [2.05, 4.69) is 13.8 Å². The van der Waals surface area contributed by atoms with Gasteiger partial charge >= 0.3 is 5.97 Å². The van der Waals surface area contributed by atoms with Crippen LogP contribution in [-0.2, 0) is 0 Å². The zero-order chi connectivity index (χ0) is 14.8. The molecule has 1 N–H and O–H groups in total. The fourth-order valence-corrected chi connectivity index (χ4v) is 2.20. The molecule has 3 nitrogen and oxygen atoms in total. The molecule has 0 fully saturated rings. The van der Waals surface area contributed by atoms with Gasteiger partial charge < -0.3 is 9.84 Å². The summed E-state index contributed by atoms with van der Waals surface area (Å²) in [5.41, 5.74) is 0.239. The lowest BCUT2D eigenvalue weighted by Gasteiger charge is -2.13. The number of carboxylic acid groups (broad SMARTS) is 1. The lowest BCUT2D eigenvalue weighted by molar-refractivity contribution is 0.0692. The maximum atomic E-state index is 11.0. The Kier molecular flexibility index (Phi) is 7.78. The van der Waals surface area contributed by atoms with Gasteiger partial charge in [0.05, 0.1) is 6.61 Å². The van der Waals surface area contributed by atoms with Crippen LogP contribution in [0.25, 0.3) is 0 Å². The van der Waals surface area contributed by atoms with Gasteiger partial charge in [-0.3, -0.25) is 0 Å². The number of hydrogen-bond donors (Lipinski definition) is 1. The Bertz CT molecular complexity index is 401. The number of aromatic carboxylic acids is 1. The van der Waals surface area contributed by atoms with Crippen molar-refractivity contribution in [1.82, 2.24) is 0 Å². The Hall–Kier alpha value is -1.51. The average Bonchev–Trinajstić information content (AvgIpc) is 2.44. The minimum atomic E-state index is -0.937. The van der Waals surface area contributed by atoms with Crippen molar-refractivity contribution >= 4 is 5.97 Å². The number of para-hydroxylation sites is 1. The van der Waals surface area contributed by atoms with Gasteiger partial charge in [-0.05, 0) is 24.5 Å². The van der Waals surface area contributed by atoms with E-state index >= 15 is 0 Å². The fraction of sp³-hybridized carbons (Fsp3) is 0.588. The van der Waals surface area contributed by atoms with E-state index in [0.29, 0.717) is 18.3 Å². The Morgan fingerprint density at radius 3 is 2.65 bits per heavy atom. The second kappa shape index (κ2) is 9.40. The molecule has 0 aromatic heterocycles. The largest absolute Gasteiger partial charge is 0.493 e. The first-order chi connectivity index (χ1) is 9.65. The maximum Gasteiger partial charge on any atom is 0.339 e. The second-order valence-electron chi connectivity index (χ2n) is 5.39. The van der Waals surface area contributed by atoms with Gasteiger partial charge in [-0.25, -0.2) is 4.79 Å². The molecular weight excluding hydrogens is 252 g/mol. The molecule has 0 amide bonds. The lowest BCUT2D eigenvalue weighted by Crippen LogP contribution is -2.07. The van der Waals surface area contributed by atoms with Gasteiger partial charge in [0.15, 0.2) is 0 Å². The molecule has 0 saturated heterocycles. The normalized spacial score (nSPS) is 12.1. The van der Waals surface area contributed by atoms with Crippen LogP contribution in [0.3, 0.4) is 0 Å². The van der Waals surface area contributed by atoms with Crippen molar-refractivity contribution in [2.24, 2.45) is 5.92 Å². The van der Waals surface area contributed by atoms with Gasteiger partial charge in [0.1, 0.15) is 11.3 Å². The smallest absolute Gasteiger partial charge is 0.339 e. The summed E-state index contributed by atoms with van der Waals surface area (Å²) in [4.78, 5) is 11.0. The third-order valence-corrected chi connectivity index (χ3v) is 3.54. The zero-order valence-electron chi connectivity index (χ0n) is 12.6. The molecule has 0 saturated carbocycles. The molecule has 0 aliphatic heterocycles. The monoisotopic (exact) mass is 278 g/mol. The van der Waals surface area contributed by atoms with E-state index in [1.54, 1.807) is 24.3 Å². The van der Waals surface area contributed by atoms with Crippen LogP contribution >= 0.6 is 0 Å². The van der Waals surface area contributed by atoms with E-state index in [4.69, 9.17) is 9.84 Å². The predicted octanol–water partition coefficient (Wildman–Crippen LogP) is 4.76. The van der Waals surface area contributed by atoms with E-state index in [0.717, 1.165) is 6.42 Å². The van der Waals surface area contributed by atoms with Crippen molar-refractivity contribution in [1.29, 1.82) is 0 Å². The van der Waals surface area contributed by atoms with E-state index < -0.39 is 5.97 Å². The summed E-state index contributed by atoms with van der Waals surface area (Å²) < 4.78 is 5.62. The van der Waals surface area contributed by atoms with Gasteiger partial charge in [-0.1, -0.05) is 58.1 Å².